The lowest BCUT2D eigenvalue weighted by Crippen LogP contribution is -2.05. The van der Waals surface area contributed by atoms with Gasteiger partial charge in [0.2, 0.25) is 5.91 Å². The molecule has 3 aromatic rings. The Morgan fingerprint density at radius 1 is 0.926 bits per heavy atom. The molecule has 134 valence electrons. The maximum absolute atomic E-state index is 11.1. The molecule has 7 heteroatoms. The Hall–Kier alpha value is -3.92. The fraction of sp³-hybridized carbons (Fsp3) is 0.100. The van der Waals surface area contributed by atoms with E-state index in [4.69, 9.17) is 5.26 Å². The molecule has 2 aromatic carbocycles. The van der Waals surface area contributed by atoms with E-state index < -0.39 is 0 Å². The largest absolute Gasteiger partial charge is 0.340 e. The molecule has 1 amide bonds. The molecule has 3 N–H and O–H groups in total. The van der Waals surface area contributed by atoms with Crippen LogP contribution in [-0.2, 0) is 4.79 Å². The van der Waals surface area contributed by atoms with Gasteiger partial charge in [-0.25, -0.2) is 9.97 Å². The summed E-state index contributed by atoms with van der Waals surface area (Å²) in [6.07, 6.45) is 0. The van der Waals surface area contributed by atoms with Crippen LogP contribution in [0, 0.1) is 18.3 Å². The smallest absolute Gasteiger partial charge is 0.221 e. The standard InChI is InChI=1S/C20H18N6O/c1-13-22-19(25-17-8-6-16(7-9-17)24-14(2)27)11-20(23-13)26-18-5-3-4-15(10-18)12-21/h3-11H,1-2H3,(H,24,27)(H2,22,23,25,26). The molecule has 0 saturated carbocycles. The molecule has 1 aromatic heterocycles. The van der Waals surface area contributed by atoms with E-state index in [1.54, 1.807) is 18.2 Å². The Kier molecular flexibility index (Phi) is 5.28. The summed E-state index contributed by atoms with van der Waals surface area (Å²) >= 11 is 0. The summed E-state index contributed by atoms with van der Waals surface area (Å²) in [4.78, 5) is 19.9. The van der Waals surface area contributed by atoms with Crippen LogP contribution in [0.3, 0.4) is 0 Å². The highest BCUT2D eigenvalue weighted by Crippen LogP contribution is 2.22. The summed E-state index contributed by atoms with van der Waals surface area (Å²) in [5, 5.41) is 18.1. The number of carbonyl (C=O) groups is 1. The highest BCUT2D eigenvalue weighted by molar-refractivity contribution is 5.88. The SMILES string of the molecule is CC(=O)Nc1ccc(Nc2cc(Nc3cccc(C#N)c3)nc(C)n2)cc1. The normalized spacial score (nSPS) is 9.96. The quantitative estimate of drug-likeness (QED) is 0.634. The molecule has 3 rings (SSSR count). The Morgan fingerprint density at radius 2 is 1.56 bits per heavy atom. The third-order valence-corrected chi connectivity index (χ3v) is 3.58. The molecule has 1 heterocycles. The average molecular weight is 358 g/mol. The van der Waals surface area contributed by atoms with Gasteiger partial charge >= 0.3 is 0 Å². The van der Waals surface area contributed by atoms with E-state index in [-0.39, 0.29) is 5.91 Å². The molecule has 0 fully saturated rings. The summed E-state index contributed by atoms with van der Waals surface area (Å²) in [5.41, 5.74) is 2.91. The summed E-state index contributed by atoms with van der Waals surface area (Å²) in [6, 6.07) is 18.4. The summed E-state index contributed by atoms with van der Waals surface area (Å²) < 4.78 is 0. The first kappa shape index (κ1) is 17.9. The molecule has 0 aliphatic heterocycles. The van der Waals surface area contributed by atoms with Gasteiger partial charge in [0, 0.05) is 30.1 Å². The van der Waals surface area contributed by atoms with Crippen molar-refractivity contribution in [3.63, 3.8) is 0 Å². The fourth-order valence-electron chi connectivity index (χ4n) is 2.50. The van der Waals surface area contributed by atoms with Crippen LogP contribution in [0.2, 0.25) is 0 Å². The number of aromatic nitrogens is 2. The van der Waals surface area contributed by atoms with Gasteiger partial charge in [-0.3, -0.25) is 4.79 Å². The second-order valence-corrected chi connectivity index (χ2v) is 5.89. The first-order valence-corrected chi connectivity index (χ1v) is 8.29. The minimum Gasteiger partial charge on any atom is -0.340 e. The predicted octanol–water partition coefficient (Wildman–Crippen LogP) is 4.10. The Morgan fingerprint density at radius 3 is 2.19 bits per heavy atom. The van der Waals surface area contributed by atoms with E-state index in [0.717, 1.165) is 17.1 Å². The van der Waals surface area contributed by atoms with Crippen molar-refractivity contribution in [2.75, 3.05) is 16.0 Å². The van der Waals surface area contributed by atoms with Gasteiger partial charge in [0.05, 0.1) is 11.6 Å². The first-order chi connectivity index (χ1) is 13.0. The number of hydrogen-bond donors (Lipinski definition) is 3. The number of anilines is 5. The molecule has 0 unspecified atom stereocenters. The van der Waals surface area contributed by atoms with E-state index in [1.807, 2.05) is 43.3 Å². The van der Waals surface area contributed by atoms with E-state index in [0.29, 0.717) is 23.0 Å². The predicted molar refractivity (Wildman–Crippen MR) is 105 cm³/mol. The van der Waals surface area contributed by atoms with Gasteiger partial charge in [-0.05, 0) is 49.4 Å². The van der Waals surface area contributed by atoms with E-state index in [1.165, 1.54) is 6.92 Å². The number of rotatable bonds is 5. The minimum atomic E-state index is -0.113. The van der Waals surface area contributed by atoms with Crippen LogP contribution in [0.25, 0.3) is 0 Å². The summed E-state index contributed by atoms with van der Waals surface area (Å²) in [5.74, 6) is 1.75. The third-order valence-electron chi connectivity index (χ3n) is 3.58. The number of benzene rings is 2. The van der Waals surface area contributed by atoms with Crippen molar-refractivity contribution in [1.82, 2.24) is 9.97 Å². The highest BCUT2D eigenvalue weighted by atomic mass is 16.1. The maximum atomic E-state index is 11.1. The number of aryl methyl sites for hydroxylation is 1. The molecule has 7 nitrogen and oxygen atoms in total. The molecule has 0 saturated heterocycles. The first-order valence-electron chi connectivity index (χ1n) is 8.29. The lowest BCUT2D eigenvalue weighted by molar-refractivity contribution is -0.114. The van der Waals surface area contributed by atoms with Crippen molar-refractivity contribution in [2.45, 2.75) is 13.8 Å². The summed E-state index contributed by atoms with van der Waals surface area (Å²) in [7, 11) is 0. The van der Waals surface area contributed by atoms with Gasteiger partial charge in [0.25, 0.3) is 0 Å². The lowest BCUT2D eigenvalue weighted by atomic mass is 10.2. The summed E-state index contributed by atoms with van der Waals surface area (Å²) in [6.45, 7) is 3.28. The molecular formula is C20H18N6O. The zero-order valence-corrected chi connectivity index (χ0v) is 14.9. The molecule has 27 heavy (non-hydrogen) atoms. The van der Waals surface area contributed by atoms with Crippen LogP contribution in [-0.4, -0.2) is 15.9 Å². The van der Waals surface area contributed by atoms with Gasteiger partial charge in [-0.2, -0.15) is 5.26 Å². The number of nitriles is 1. The van der Waals surface area contributed by atoms with Crippen molar-refractivity contribution in [1.29, 1.82) is 5.26 Å². The van der Waals surface area contributed by atoms with E-state index in [2.05, 4.69) is 32.0 Å². The number of hydrogen-bond acceptors (Lipinski definition) is 6. The van der Waals surface area contributed by atoms with Crippen LogP contribution < -0.4 is 16.0 Å². The topological polar surface area (TPSA) is 103 Å². The van der Waals surface area contributed by atoms with Gasteiger partial charge < -0.3 is 16.0 Å². The molecule has 0 aliphatic carbocycles. The Bertz CT molecular complexity index is 1010. The number of amides is 1. The van der Waals surface area contributed by atoms with Crippen LogP contribution >= 0.6 is 0 Å². The molecule has 0 bridgehead atoms. The Labute approximate surface area is 157 Å². The highest BCUT2D eigenvalue weighted by Gasteiger charge is 2.04. The van der Waals surface area contributed by atoms with Crippen molar-refractivity contribution in [3.05, 3.63) is 66.0 Å². The molecule has 0 atom stereocenters. The number of carbonyl (C=O) groups excluding carboxylic acids is 1. The van der Waals surface area contributed by atoms with Crippen LogP contribution in [0.15, 0.2) is 54.6 Å². The zero-order chi connectivity index (χ0) is 19.2. The average Bonchev–Trinajstić information content (AvgIpc) is 2.62. The fourth-order valence-corrected chi connectivity index (χ4v) is 2.50. The minimum absolute atomic E-state index is 0.113. The van der Waals surface area contributed by atoms with E-state index in [9.17, 15) is 4.79 Å². The molecular weight excluding hydrogens is 340 g/mol. The third kappa shape index (κ3) is 5.03. The van der Waals surface area contributed by atoms with Crippen LogP contribution in [0.1, 0.15) is 18.3 Å². The maximum Gasteiger partial charge on any atom is 0.221 e. The second-order valence-electron chi connectivity index (χ2n) is 5.89. The lowest BCUT2D eigenvalue weighted by Gasteiger charge is -2.11. The Balaban J connectivity index is 1.77. The number of nitrogens with one attached hydrogen (secondary N) is 3. The van der Waals surface area contributed by atoms with Crippen molar-refractivity contribution in [3.8, 4) is 6.07 Å². The monoisotopic (exact) mass is 358 g/mol. The van der Waals surface area contributed by atoms with Crippen LogP contribution in [0.4, 0.5) is 28.7 Å². The molecule has 0 radical (unpaired) electrons. The van der Waals surface area contributed by atoms with Gasteiger partial charge in [0.15, 0.2) is 0 Å². The number of nitrogens with zero attached hydrogens (tertiary/aromatic N) is 3. The van der Waals surface area contributed by atoms with Crippen LogP contribution in [0.5, 0.6) is 0 Å². The second kappa shape index (κ2) is 7.97. The van der Waals surface area contributed by atoms with Gasteiger partial charge in [0.1, 0.15) is 17.5 Å². The van der Waals surface area contributed by atoms with Gasteiger partial charge in [-0.15, -0.1) is 0 Å². The molecule has 0 spiro atoms. The van der Waals surface area contributed by atoms with Gasteiger partial charge in [-0.1, -0.05) is 6.07 Å². The van der Waals surface area contributed by atoms with Crippen molar-refractivity contribution < 1.29 is 4.79 Å². The molecule has 0 aliphatic rings. The zero-order valence-electron chi connectivity index (χ0n) is 14.9. The van der Waals surface area contributed by atoms with Crippen molar-refractivity contribution >= 4 is 34.6 Å². The van der Waals surface area contributed by atoms with Crippen molar-refractivity contribution in [2.24, 2.45) is 0 Å². The van der Waals surface area contributed by atoms with E-state index >= 15 is 0 Å².